The molecular weight excluding hydrogens is 368 g/mol. The van der Waals surface area contributed by atoms with E-state index in [1.165, 1.54) is 28.7 Å². The Balaban J connectivity index is 1.45. The van der Waals surface area contributed by atoms with Gasteiger partial charge >= 0.3 is 5.69 Å². The number of H-pyrrole nitrogens is 1. The normalized spacial score (nSPS) is 13.6. The molecule has 6 nitrogen and oxygen atoms in total. The summed E-state index contributed by atoms with van der Waals surface area (Å²) in [4.78, 5) is 35.4. The second-order valence-electron chi connectivity index (χ2n) is 6.34. The van der Waals surface area contributed by atoms with Crippen LogP contribution in [-0.2, 0) is 17.6 Å². The number of nitrogens with zero attached hydrogens (tertiary/aromatic N) is 2. The van der Waals surface area contributed by atoms with E-state index in [-0.39, 0.29) is 17.3 Å². The lowest BCUT2D eigenvalue weighted by atomic mass is 9.98. The van der Waals surface area contributed by atoms with E-state index >= 15 is 0 Å². The first-order valence-electron chi connectivity index (χ1n) is 8.50. The highest BCUT2D eigenvalue weighted by Gasteiger charge is 2.17. The van der Waals surface area contributed by atoms with Crippen molar-refractivity contribution in [3.63, 3.8) is 0 Å². The number of carbonyl (C=O) groups is 1. The van der Waals surface area contributed by atoms with Crippen molar-refractivity contribution in [2.24, 2.45) is 0 Å². The van der Waals surface area contributed by atoms with Crippen molar-refractivity contribution >= 4 is 44.4 Å². The zero-order valence-electron chi connectivity index (χ0n) is 14.3. The van der Waals surface area contributed by atoms with E-state index in [9.17, 15) is 9.59 Å². The molecule has 134 valence electrons. The van der Waals surface area contributed by atoms with Gasteiger partial charge in [-0.1, -0.05) is 29.2 Å². The Hall–Kier alpha value is -2.19. The number of nitrogens with one attached hydrogen (secondary N) is 2. The highest BCUT2D eigenvalue weighted by atomic mass is 32.2. The summed E-state index contributed by atoms with van der Waals surface area (Å²) in [5.41, 5.74) is 3.77. The molecule has 3 aromatic rings. The molecule has 0 unspecified atom stereocenters. The van der Waals surface area contributed by atoms with Gasteiger partial charge in [-0.3, -0.25) is 4.79 Å². The number of aromatic amines is 1. The number of hydrogen-bond donors (Lipinski definition) is 2. The van der Waals surface area contributed by atoms with Crippen molar-refractivity contribution < 1.29 is 4.79 Å². The van der Waals surface area contributed by atoms with Crippen LogP contribution >= 0.6 is 23.1 Å². The predicted octanol–water partition coefficient (Wildman–Crippen LogP) is 3.30. The molecule has 0 saturated heterocycles. The summed E-state index contributed by atoms with van der Waals surface area (Å²) in [6.07, 6.45) is 3.94. The number of benzene rings is 1. The highest BCUT2D eigenvalue weighted by Crippen LogP contribution is 2.29. The highest BCUT2D eigenvalue weighted by molar-refractivity contribution is 8.00. The molecule has 2 heterocycles. The molecule has 1 aromatic carbocycles. The number of thiazole rings is 1. The van der Waals surface area contributed by atoms with Crippen molar-refractivity contribution in [2.45, 2.75) is 37.6 Å². The van der Waals surface area contributed by atoms with Crippen LogP contribution in [0.25, 0.3) is 10.2 Å². The lowest BCUT2D eigenvalue weighted by molar-refractivity contribution is -0.113. The minimum absolute atomic E-state index is 0.141. The maximum Gasteiger partial charge on any atom is 0.346 e. The van der Waals surface area contributed by atoms with Crippen LogP contribution in [0.5, 0.6) is 0 Å². The van der Waals surface area contributed by atoms with E-state index in [2.05, 4.69) is 26.3 Å². The van der Waals surface area contributed by atoms with Crippen LogP contribution in [-0.4, -0.2) is 26.6 Å². The number of carbonyl (C=O) groups excluding carboxylic acids is 1. The summed E-state index contributed by atoms with van der Waals surface area (Å²) in [6, 6.07) is 6.02. The van der Waals surface area contributed by atoms with E-state index in [1.807, 2.05) is 19.1 Å². The Morgan fingerprint density at radius 3 is 3.04 bits per heavy atom. The molecule has 0 saturated carbocycles. The maximum absolute atomic E-state index is 12.3. The Kier molecular flexibility index (Phi) is 4.78. The van der Waals surface area contributed by atoms with E-state index in [1.54, 1.807) is 0 Å². The average molecular weight is 387 g/mol. The Morgan fingerprint density at radius 1 is 1.31 bits per heavy atom. The summed E-state index contributed by atoms with van der Waals surface area (Å²) in [5.74, 6) is 0.0649. The smallest absolute Gasteiger partial charge is 0.309 e. The monoisotopic (exact) mass is 386 g/mol. The van der Waals surface area contributed by atoms with Gasteiger partial charge in [0.15, 0.2) is 5.13 Å². The summed E-state index contributed by atoms with van der Waals surface area (Å²) in [5, 5.41) is 4.12. The Labute approximate surface area is 158 Å². The van der Waals surface area contributed by atoms with Crippen LogP contribution in [0.2, 0.25) is 0 Å². The van der Waals surface area contributed by atoms with Crippen molar-refractivity contribution in [1.29, 1.82) is 0 Å². The van der Waals surface area contributed by atoms with E-state index in [0.717, 1.165) is 47.2 Å². The molecular formula is C18H18N4O2S2. The number of anilines is 1. The number of hydrogen-bond acceptors (Lipinski definition) is 6. The second-order valence-corrected chi connectivity index (χ2v) is 8.33. The van der Waals surface area contributed by atoms with Gasteiger partial charge in [0, 0.05) is 11.3 Å². The van der Waals surface area contributed by atoms with Crippen molar-refractivity contribution in [3.05, 3.63) is 45.5 Å². The van der Waals surface area contributed by atoms with Gasteiger partial charge in [-0.2, -0.15) is 4.98 Å². The molecule has 1 aliphatic carbocycles. The standard InChI is InChI=1S/C18H18N4O2S2/c1-10-6-7-13-14(8-10)26-18(20-13)21-15(23)9-25-16-11-4-2-3-5-12(11)19-17(24)22-16/h6-8H,2-5,9H2,1H3,(H,19,22,24)(H,20,21,23). The summed E-state index contributed by atoms with van der Waals surface area (Å²) < 4.78 is 1.05. The molecule has 0 aliphatic heterocycles. The third kappa shape index (κ3) is 3.66. The second kappa shape index (κ2) is 7.20. The summed E-state index contributed by atoms with van der Waals surface area (Å²) in [7, 11) is 0. The third-order valence-corrected chi connectivity index (χ3v) is 6.27. The molecule has 26 heavy (non-hydrogen) atoms. The third-order valence-electron chi connectivity index (χ3n) is 4.32. The van der Waals surface area contributed by atoms with E-state index in [0.29, 0.717) is 10.2 Å². The van der Waals surface area contributed by atoms with E-state index in [4.69, 9.17) is 0 Å². The van der Waals surface area contributed by atoms with Crippen molar-refractivity contribution in [3.8, 4) is 0 Å². The number of thioether (sulfide) groups is 1. The van der Waals surface area contributed by atoms with Gasteiger partial charge in [0.05, 0.1) is 16.0 Å². The van der Waals surface area contributed by atoms with Gasteiger partial charge < -0.3 is 10.3 Å². The Bertz CT molecular complexity index is 1040. The molecule has 0 atom stereocenters. The lowest BCUT2D eigenvalue weighted by Crippen LogP contribution is -2.20. The minimum Gasteiger partial charge on any atom is -0.309 e. The molecule has 0 spiro atoms. The number of amides is 1. The molecule has 2 N–H and O–H groups in total. The first-order valence-corrected chi connectivity index (χ1v) is 10.3. The number of fused-ring (bicyclic) bond motifs is 2. The molecule has 2 aromatic heterocycles. The van der Waals surface area contributed by atoms with Crippen molar-refractivity contribution in [1.82, 2.24) is 15.0 Å². The number of aromatic nitrogens is 3. The Morgan fingerprint density at radius 2 is 2.15 bits per heavy atom. The fraction of sp³-hybridized carbons (Fsp3) is 0.333. The molecule has 0 radical (unpaired) electrons. The van der Waals surface area contributed by atoms with Crippen LogP contribution in [0, 0.1) is 6.92 Å². The lowest BCUT2D eigenvalue weighted by Gasteiger charge is -2.17. The fourth-order valence-corrected chi connectivity index (χ4v) is 4.96. The first kappa shape index (κ1) is 17.2. The van der Waals surface area contributed by atoms with Crippen LogP contribution in [0.1, 0.15) is 29.7 Å². The summed E-state index contributed by atoms with van der Waals surface area (Å²) >= 11 is 2.78. The van der Waals surface area contributed by atoms with Crippen LogP contribution in [0.4, 0.5) is 5.13 Å². The van der Waals surface area contributed by atoms with Gasteiger partial charge in [0.1, 0.15) is 5.03 Å². The SMILES string of the molecule is Cc1ccc2nc(NC(=O)CSc3nc(=O)[nH]c4c3CCCC4)sc2c1. The van der Waals surface area contributed by atoms with Crippen LogP contribution in [0.15, 0.2) is 28.0 Å². The zero-order chi connectivity index (χ0) is 18.1. The largest absolute Gasteiger partial charge is 0.346 e. The maximum atomic E-state index is 12.3. The van der Waals surface area contributed by atoms with Crippen LogP contribution in [0.3, 0.4) is 0 Å². The van der Waals surface area contributed by atoms with Gasteiger partial charge in [-0.05, 0) is 50.3 Å². The minimum atomic E-state index is -0.338. The quantitative estimate of drug-likeness (QED) is 0.531. The average Bonchev–Trinajstić information content (AvgIpc) is 3.00. The van der Waals surface area contributed by atoms with Gasteiger partial charge in [0.25, 0.3) is 0 Å². The molecule has 4 rings (SSSR count). The molecule has 0 bridgehead atoms. The van der Waals surface area contributed by atoms with Gasteiger partial charge in [0.2, 0.25) is 5.91 Å². The first-order chi connectivity index (χ1) is 12.6. The molecule has 1 amide bonds. The van der Waals surface area contributed by atoms with E-state index < -0.39 is 0 Å². The van der Waals surface area contributed by atoms with Crippen molar-refractivity contribution in [2.75, 3.05) is 11.1 Å². The zero-order valence-corrected chi connectivity index (χ0v) is 15.9. The summed E-state index contributed by atoms with van der Waals surface area (Å²) in [6.45, 7) is 2.03. The van der Waals surface area contributed by atoms with Gasteiger partial charge in [-0.15, -0.1) is 0 Å². The number of aryl methyl sites for hydroxylation is 2. The number of rotatable bonds is 4. The topological polar surface area (TPSA) is 87.7 Å². The molecule has 0 fully saturated rings. The predicted molar refractivity (Wildman–Crippen MR) is 105 cm³/mol. The fourth-order valence-electron chi connectivity index (χ4n) is 3.09. The van der Waals surface area contributed by atoms with Crippen LogP contribution < -0.4 is 11.0 Å². The molecule has 8 heteroatoms. The molecule has 1 aliphatic rings. The van der Waals surface area contributed by atoms with Gasteiger partial charge in [-0.25, -0.2) is 9.78 Å².